The number of carbonyl (C=O) groups excluding carboxylic acids is 2. The first kappa shape index (κ1) is 12.4. The highest BCUT2D eigenvalue weighted by Crippen LogP contribution is 2.20. The van der Waals surface area contributed by atoms with Gasteiger partial charge < -0.3 is 19.7 Å². The third-order valence-corrected chi connectivity index (χ3v) is 2.73. The van der Waals surface area contributed by atoms with Crippen molar-refractivity contribution in [1.82, 2.24) is 4.90 Å². The minimum absolute atomic E-state index is 0.0355. The number of β-amino-alcohol motifs (C(OH)–C–C–N with tert-alkyl or cyclic N) is 1. The fourth-order valence-corrected chi connectivity index (χ4v) is 1.89. The van der Waals surface area contributed by atoms with E-state index in [1.54, 1.807) is 30.3 Å². The normalized spacial score (nSPS) is 22.8. The van der Waals surface area contributed by atoms with E-state index >= 15 is 0 Å². The number of nitrogens with zero attached hydrogens (tertiary/aromatic N) is 1. The number of ether oxygens (including phenoxy) is 1. The molecular formula is C12H12NO5-. The predicted molar refractivity (Wildman–Crippen MR) is 58.6 cm³/mol. The monoisotopic (exact) mass is 250 g/mol. The van der Waals surface area contributed by atoms with Gasteiger partial charge in [0.25, 0.3) is 0 Å². The Morgan fingerprint density at radius 1 is 1.33 bits per heavy atom. The van der Waals surface area contributed by atoms with Crippen LogP contribution in [0.2, 0.25) is 0 Å². The van der Waals surface area contributed by atoms with Crippen molar-refractivity contribution < 1.29 is 24.5 Å². The second kappa shape index (κ2) is 5.05. The maximum absolute atomic E-state index is 11.8. The molecule has 6 nitrogen and oxygen atoms in total. The lowest BCUT2D eigenvalue weighted by molar-refractivity contribution is -0.310. The van der Waals surface area contributed by atoms with Gasteiger partial charge in [0.05, 0.1) is 24.7 Å². The molecule has 1 fully saturated rings. The number of amides is 1. The third kappa shape index (κ3) is 2.60. The number of aliphatic carboxylic acids is 1. The molecular weight excluding hydrogens is 238 g/mol. The molecule has 0 bridgehead atoms. The summed E-state index contributed by atoms with van der Waals surface area (Å²) in [6.45, 7) is -0.0652. The standard InChI is InChI=1S/C12H13NO5/c14-8-6-10(11(15)16)13(7-8)12(17)18-9-4-2-1-3-5-9/h1-5,8,10,14H,6-7H2,(H,15,16)/p-1/t8-,10+/m0/s1. The molecule has 2 rings (SSSR count). The molecule has 1 saturated heterocycles. The quantitative estimate of drug-likeness (QED) is 0.754. The van der Waals surface area contributed by atoms with Crippen molar-refractivity contribution in [2.24, 2.45) is 0 Å². The first-order valence-electron chi connectivity index (χ1n) is 5.50. The predicted octanol–water partition coefficient (Wildman–Crippen LogP) is -0.630. The number of aliphatic hydroxyl groups excluding tert-OH is 1. The number of aliphatic hydroxyl groups is 1. The largest absolute Gasteiger partial charge is 0.548 e. The van der Waals surface area contributed by atoms with Gasteiger partial charge in [-0.2, -0.15) is 0 Å². The maximum atomic E-state index is 11.8. The number of hydrogen-bond donors (Lipinski definition) is 1. The Morgan fingerprint density at radius 2 is 2.00 bits per heavy atom. The van der Waals surface area contributed by atoms with Crippen LogP contribution in [0.25, 0.3) is 0 Å². The van der Waals surface area contributed by atoms with Crippen molar-refractivity contribution in [3.63, 3.8) is 0 Å². The number of para-hydroxylation sites is 1. The van der Waals surface area contributed by atoms with Crippen LogP contribution in [-0.2, 0) is 4.79 Å². The summed E-state index contributed by atoms with van der Waals surface area (Å²) in [6.07, 6.45) is -1.70. The number of hydrogen-bond acceptors (Lipinski definition) is 5. The molecule has 1 aromatic carbocycles. The summed E-state index contributed by atoms with van der Waals surface area (Å²) in [7, 11) is 0. The number of carbonyl (C=O) groups is 2. The topological polar surface area (TPSA) is 89.9 Å². The first-order chi connectivity index (χ1) is 8.58. The van der Waals surface area contributed by atoms with Crippen molar-refractivity contribution in [3.05, 3.63) is 30.3 Å². The van der Waals surface area contributed by atoms with Gasteiger partial charge in [-0.1, -0.05) is 18.2 Å². The lowest BCUT2D eigenvalue weighted by atomic mass is 10.2. The second-order valence-corrected chi connectivity index (χ2v) is 4.06. The van der Waals surface area contributed by atoms with Crippen LogP contribution in [0.5, 0.6) is 5.75 Å². The minimum atomic E-state index is -1.39. The van der Waals surface area contributed by atoms with Gasteiger partial charge in [-0.05, 0) is 12.1 Å². The lowest BCUT2D eigenvalue weighted by Gasteiger charge is -2.23. The van der Waals surface area contributed by atoms with Crippen LogP contribution in [-0.4, -0.2) is 40.8 Å². The Kier molecular flexibility index (Phi) is 3.47. The summed E-state index contributed by atoms with van der Waals surface area (Å²) in [5.41, 5.74) is 0. The van der Waals surface area contributed by atoms with Crippen molar-refractivity contribution in [3.8, 4) is 5.75 Å². The van der Waals surface area contributed by atoms with Crippen LogP contribution in [0.3, 0.4) is 0 Å². The molecule has 0 aromatic heterocycles. The molecule has 1 aliphatic rings. The average molecular weight is 250 g/mol. The van der Waals surface area contributed by atoms with Crippen LogP contribution in [0.1, 0.15) is 6.42 Å². The highest BCUT2D eigenvalue weighted by atomic mass is 16.6. The van der Waals surface area contributed by atoms with E-state index in [9.17, 15) is 19.8 Å². The number of benzene rings is 1. The Bertz CT molecular complexity index is 447. The van der Waals surface area contributed by atoms with Crippen molar-refractivity contribution in [2.75, 3.05) is 6.54 Å². The van der Waals surface area contributed by atoms with Gasteiger partial charge >= 0.3 is 6.09 Å². The summed E-state index contributed by atoms with van der Waals surface area (Å²) in [5, 5.41) is 20.2. The van der Waals surface area contributed by atoms with Gasteiger partial charge in [0, 0.05) is 6.42 Å². The molecule has 0 spiro atoms. The Hall–Kier alpha value is -2.08. The highest BCUT2D eigenvalue weighted by molar-refractivity contribution is 5.80. The highest BCUT2D eigenvalue weighted by Gasteiger charge is 2.36. The van der Waals surface area contributed by atoms with Crippen molar-refractivity contribution >= 4 is 12.1 Å². The van der Waals surface area contributed by atoms with Crippen LogP contribution in [0.15, 0.2) is 30.3 Å². The van der Waals surface area contributed by atoms with E-state index in [1.165, 1.54) is 0 Å². The molecule has 0 saturated carbocycles. The first-order valence-corrected chi connectivity index (χ1v) is 5.50. The fourth-order valence-electron chi connectivity index (χ4n) is 1.89. The minimum Gasteiger partial charge on any atom is -0.548 e. The Labute approximate surface area is 103 Å². The van der Waals surface area contributed by atoms with Gasteiger partial charge in [0.1, 0.15) is 5.75 Å². The number of likely N-dealkylation sites (tertiary alicyclic amines) is 1. The smallest absolute Gasteiger partial charge is 0.415 e. The van der Waals surface area contributed by atoms with Crippen LogP contribution >= 0.6 is 0 Å². The lowest BCUT2D eigenvalue weighted by Crippen LogP contribution is -2.47. The van der Waals surface area contributed by atoms with Gasteiger partial charge in [0.2, 0.25) is 0 Å². The molecule has 1 amide bonds. The Balaban J connectivity index is 2.06. The maximum Gasteiger partial charge on any atom is 0.415 e. The second-order valence-electron chi connectivity index (χ2n) is 4.06. The van der Waals surface area contributed by atoms with Crippen LogP contribution < -0.4 is 9.84 Å². The number of carboxylic acids is 1. The zero-order valence-corrected chi connectivity index (χ0v) is 9.48. The zero-order chi connectivity index (χ0) is 13.1. The third-order valence-electron chi connectivity index (χ3n) is 2.73. The molecule has 0 aliphatic carbocycles. The molecule has 0 unspecified atom stereocenters. The van der Waals surface area contributed by atoms with Crippen molar-refractivity contribution in [2.45, 2.75) is 18.6 Å². The molecule has 1 aromatic rings. The van der Waals surface area contributed by atoms with E-state index in [1.807, 2.05) is 0 Å². The zero-order valence-electron chi connectivity index (χ0n) is 9.48. The summed E-state index contributed by atoms with van der Waals surface area (Å²) in [5.74, 6) is -1.07. The molecule has 0 radical (unpaired) electrons. The van der Waals surface area contributed by atoms with E-state index in [0.29, 0.717) is 5.75 Å². The summed E-state index contributed by atoms with van der Waals surface area (Å²) < 4.78 is 5.01. The van der Waals surface area contributed by atoms with E-state index in [0.717, 1.165) is 4.90 Å². The van der Waals surface area contributed by atoms with E-state index in [-0.39, 0.29) is 13.0 Å². The van der Waals surface area contributed by atoms with E-state index in [4.69, 9.17) is 4.74 Å². The Morgan fingerprint density at radius 3 is 2.61 bits per heavy atom. The fraction of sp³-hybridized carbons (Fsp3) is 0.333. The number of carboxylic acid groups (broad SMARTS) is 1. The molecule has 1 heterocycles. The molecule has 6 heteroatoms. The molecule has 2 atom stereocenters. The van der Waals surface area contributed by atoms with Gasteiger partial charge in [-0.15, -0.1) is 0 Å². The molecule has 96 valence electrons. The average Bonchev–Trinajstić information content (AvgIpc) is 2.73. The van der Waals surface area contributed by atoms with Crippen LogP contribution in [0.4, 0.5) is 4.79 Å². The summed E-state index contributed by atoms with van der Waals surface area (Å²) in [6, 6.07) is 7.17. The van der Waals surface area contributed by atoms with E-state index in [2.05, 4.69) is 0 Å². The molecule has 18 heavy (non-hydrogen) atoms. The summed E-state index contributed by atoms with van der Waals surface area (Å²) >= 11 is 0. The van der Waals surface area contributed by atoms with Crippen LogP contribution in [0, 0.1) is 0 Å². The van der Waals surface area contributed by atoms with Gasteiger partial charge in [-0.3, -0.25) is 4.90 Å². The number of rotatable bonds is 2. The van der Waals surface area contributed by atoms with E-state index < -0.39 is 24.2 Å². The SMILES string of the molecule is O=C([O-])[C@H]1C[C@H](O)CN1C(=O)Oc1ccccc1. The van der Waals surface area contributed by atoms with Crippen molar-refractivity contribution in [1.29, 1.82) is 0 Å². The van der Waals surface area contributed by atoms with Gasteiger partial charge in [0.15, 0.2) is 0 Å². The molecule has 1 N–H and O–H groups in total. The summed E-state index contributed by atoms with van der Waals surface area (Å²) in [4.78, 5) is 23.6. The molecule has 1 aliphatic heterocycles. The van der Waals surface area contributed by atoms with Gasteiger partial charge in [-0.25, -0.2) is 4.79 Å².